The highest BCUT2D eigenvalue weighted by atomic mass is 35.5. The molecule has 0 atom stereocenters. The number of benzene rings is 1. The first kappa shape index (κ1) is 13.9. The average molecular weight is 323 g/mol. The monoisotopic (exact) mass is 321 g/mol. The van der Waals surface area contributed by atoms with E-state index < -0.39 is 0 Å². The van der Waals surface area contributed by atoms with Crippen molar-refractivity contribution in [1.29, 1.82) is 0 Å². The molecule has 0 aliphatic carbocycles. The second-order valence-corrected chi connectivity index (χ2v) is 5.20. The SMILES string of the molecule is OCc1cc(Cl)nc(-c2cc(Cl)cc(Cl)c2Cl)c1. The van der Waals surface area contributed by atoms with Crippen LogP contribution >= 0.6 is 46.4 Å². The average Bonchev–Trinajstić information content (AvgIpc) is 2.32. The summed E-state index contributed by atoms with van der Waals surface area (Å²) in [5, 5.41) is 10.5. The molecule has 0 spiro atoms. The second kappa shape index (κ2) is 5.64. The molecule has 1 aromatic heterocycles. The third-order valence-electron chi connectivity index (χ3n) is 2.31. The van der Waals surface area contributed by atoms with Gasteiger partial charge in [0.05, 0.1) is 22.3 Å². The maximum Gasteiger partial charge on any atom is 0.130 e. The van der Waals surface area contributed by atoms with Crippen molar-refractivity contribution in [2.45, 2.75) is 6.61 Å². The van der Waals surface area contributed by atoms with Gasteiger partial charge in [0, 0.05) is 10.6 Å². The van der Waals surface area contributed by atoms with Crippen LogP contribution in [0.2, 0.25) is 20.2 Å². The molecule has 0 saturated carbocycles. The van der Waals surface area contributed by atoms with Crippen LogP contribution in [0, 0.1) is 0 Å². The highest BCUT2D eigenvalue weighted by Crippen LogP contribution is 2.36. The summed E-state index contributed by atoms with van der Waals surface area (Å²) in [7, 11) is 0. The van der Waals surface area contributed by atoms with E-state index >= 15 is 0 Å². The van der Waals surface area contributed by atoms with Gasteiger partial charge in [0.2, 0.25) is 0 Å². The molecule has 1 heterocycles. The molecule has 0 bridgehead atoms. The predicted octanol–water partition coefficient (Wildman–Crippen LogP) is 4.85. The number of halogens is 4. The standard InChI is InChI=1S/C12H7Cl4NO/c13-7-3-8(12(16)9(14)4-7)10-1-6(5-18)2-11(15)17-10/h1-4,18H,5H2. The maximum absolute atomic E-state index is 9.14. The van der Waals surface area contributed by atoms with Crippen LogP contribution in [0.3, 0.4) is 0 Å². The largest absolute Gasteiger partial charge is 0.392 e. The summed E-state index contributed by atoms with van der Waals surface area (Å²) < 4.78 is 0. The lowest BCUT2D eigenvalue weighted by Crippen LogP contribution is -1.91. The van der Waals surface area contributed by atoms with Gasteiger partial charge in [0.25, 0.3) is 0 Å². The predicted molar refractivity (Wildman–Crippen MR) is 75.6 cm³/mol. The fourth-order valence-corrected chi connectivity index (χ4v) is 2.45. The lowest BCUT2D eigenvalue weighted by atomic mass is 10.1. The molecule has 0 aliphatic rings. The molecule has 0 aliphatic heterocycles. The Labute approximate surface area is 124 Å². The molecule has 2 aromatic rings. The highest BCUT2D eigenvalue weighted by molar-refractivity contribution is 6.45. The number of hydrogen-bond acceptors (Lipinski definition) is 2. The molecule has 94 valence electrons. The molecule has 6 heteroatoms. The Morgan fingerprint density at radius 1 is 1.00 bits per heavy atom. The number of rotatable bonds is 2. The molecule has 1 N–H and O–H groups in total. The summed E-state index contributed by atoms with van der Waals surface area (Å²) in [6, 6.07) is 6.45. The molecule has 1 aromatic carbocycles. The summed E-state index contributed by atoms with van der Waals surface area (Å²) in [6.07, 6.45) is 0. The van der Waals surface area contributed by atoms with Gasteiger partial charge in [-0.05, 0) is 29.8 Å². The van der Waals surface area contributed by atoms with E-state index in [0.29, 0.717) is 31.9 Å². The molecule has 0 fully saturated rings. The van der Waals surface area contributed by atoms with Crippen LogP contribution in [0.25, 0.3) is 11.3 Å². The Bertz CT molecular complexity index is 601. The van der Waals surface area contributed by atoms with Crippen LogP contribution in [0.5, 0.6) is 0 Å². The molecular weight excluding hydrogens is 316 g/mol. The number of aliphatic hydroxyl groups excluding tert-OH is 1. The van der Waals surface area contributed by atoms with Crippen LogP contribution < -0.4 is 0 Å². The van der Waals surface area contributed by atoms with E-state index in [9.17, 15) is 0 Å². The van der Waals surface area contributed by atoms with E-state index in [4.69, 9.17) is 51.5 Å². The Kier molecular flexibility index (Phi) is 4.36. The first-order valence-electron chi connectivity index (χ1n) is 4.93. The van der Waals surface area contributed by atoms with Crippen molar-refractivity contribution < 1.29 is 5.11 Å². The summed E-state index contributed by atoms with van der Waals surface area (Å²) in [5.74, 6) is 0. The molecule has 18 heavy (non-hydrogen) atoms. The van der Waals surface area contributed by atoms with Gasteiger partial charge < -0.3 is 5.11 Å². The Hall–Kier alpha value is -0.510. The Morgan fingerprint density at radius 3 is 2.39 bits per heavy atom. The molecule has 0 radical (unpaired) electrons. The van der Waals surface area contributed by atoms with E-state index in [1.807, 2.05) is 0 Å². The fraction of sp³-hybridized carbons (Fsp3) is 0.0833. The number of aromatic nitrogens is 1. The number of hydrogen-bond donors (Lipinski definition) is 1. The van der Waals surface area contributed by atoms with Crippen molar-refractivity contribution >= 4 is 46.4 Å². The van der Waals surface area contributed by atoms with Gasteiger partial charge in [-0.15, -0.1) is 0 Å². The maximum atomic E-state index is 9.14. The Balaban J connectivity index is 2.65. The molecule has 2 nitrogen and oxygen atoms in total. The second-order valence-electron chi connectivity index (χ2n) is 3.59. The van der Waals surface area contributed by atoms with E-state index in [0.717, 1.165) is 0 Å². The van der Waals surface area contributed by atoms with Crippen LogP contribution in [0.15, 0.2) is 24.3 Å². The van der Waals surface area contributed by atoms with Crippen LogP contribution in [0.4, 0.5) is 0 Å². The van der Waals surface area contributed by atoms with Crippen molar-refractivity contribution in [2.24, 2.45) is 0 Å². The van der Waals surface area contributed by atoms with Gasteiger partial charge in [-0.3, -0.25) is 0 Å². The minimum absolute atomic E-state index is 0.138. The van der Waals surface area contributed by atoms with Gasteiger partial charge in [-0.25, -0.2) is 4.98 Å². The molecule has 0 amide bonds. The summed E-state index contributed by atoms with van der Waals surface area (Å²) in [5.41, 5.74) is 1.73. The lowest BCUT2D eigenvalue weighted by Gasteiger charge is -2.08. The van der Waals surface area contributed by atoms with Gasteiger partial charge in [0.15, 0.2) is 0 Å². The third kappa shape index (κ3) is 2.90. The van der Waals surface area contributed by atoms with Crippen LogP contribution in [-0.2, 0) is 6.61 Å². The van der Waals surface area contributed by atoms with E-state index in [1.54, 1.807) is 24.3 Å². The quantitative estimate of drug-likeness (QED) is 0.633. The summed E-state index contributed by atoms with van der Waals surface area (Å²) in [6.45, 7) is -0.138. The third-order valence-corrected chi connectivity index (χ3v) is 3.52. The van der Waals surface area contributed by atoms with Gasteiger partial charge in [-0.1, -0.05) is 46.4 Å². The van der Waals surface area contributed by atoms with Crippen LogP contribution in [-0.4, -0.2) is 10.1 Å². The number of aliphatic hydroxyl groups is 1. The minimum Gasteiger partial charge on any atom is -0.392 e. The van der Waals surface area contributed by atoms with Crippen molar-refractivity contribution in [3.63, 3.8) is 0 Å². The van der Waals surface area contributed by atoms with Crippen molar-refractivity contribution in [3.8, 4) is 11.3 Å². The number of nitrogens with zero attached hydrogens (tertiary/aromatic N) is 1. The zero-order chi connectivity index (χ0) is 13.3. The van der Waals surface area contributed by atoms with Gasteiger partial charge in [0.1, 0.15) is 5.15 Å². The van der Waals surface area contributed by atoms with E-state index in [1.165, 1.54) is 0 Å². The van der Waals surface area contributed by atoms with Crippen molar-refractivity contribution in [3.05, 3.63) is 50.0 Å². The van der Waals surface area contributed by atoms with Gasteiger partial charge >= 0.3 is 0 Å². The first-order valence-corrected chi connectivity index (χ1v) is 6.44. The minimum atomic E-state index is -0.138. The molecule has 0 saturated heterocycles. The van der Waals surface area contributed by atoms with Crippen molar-refractivity contribution in [2.75, 3.05) is 0 Å². The first-order chi connectivity index (χ1) is 8.51. The van der Waals surface area contributed by atoms with E-state index in [-0.39, 0.29) is 11.8 Å². The van der Waals surface area contributed by atoms with E-state index in [2.05, 4.69) is 4.98 Å². The lowest BCUT2D eigenvalue weighted by molar-refractivity contribution is 0.282. The topological polar surface area (TPSA) is 33.1 Å². The molecule has 0 unspecified atom stereocenters. The molecular formula is C12H7Cl4NO. The van der Waals surface area contributed by atoms with Crippen molar-refractivity contribution in [1.82, 2.24) is 4.98 Å². The zero-order valence-electron chi connectivity index (χ0n) is 8.92. The zero-order valence-corrected chi connectivity index (χ0v) is 11.9. The highest BCUT2D eigenvalue weighted by Gasteiger charge is 2.12. The normalized spacial score (nSPS) is 10.7. The molecule has 2 rings (SSSR count). The number of pyridine rings is 1. The smallest absolute Gasteiger partial charge is 0.130 e. The Morgan fingerprint density at radius 2 is 1.72 bits per heavy atom. The fourth-order valence-electron chi connectivity index (χ4n) is 1.52. The summed E-state index contributed by atoms with van der Waals surface area (Å²) in [4.78, 5) is 4.15. The van der Waals surface area contributed by atoms with Gasteiger partial charge in [-0.2, -0.15) is 0 Å². The summed E-state index contributed by atoms with van der Waals surface area (Å²) >= 11 is 23.9. The van der Waals surface area contributed by atoms with Crippen LogP contribution in [0.1, 0.15) is 5.56 Å².